The fourth-order valence-electron chi connectivity index (χ4n) is 2.04. The highest BCUT2D eigenvalue weighted by Crippen LogP contribution is 2.13. The number of hydrogen-bond acceptors (Lipinski definition) is 3. The fourth-order valence-corrected chi connectivity index (χ4v) is 2.04. The zero-order chi connectivity index (χ0) is 12.6. The van der Waals surface area contributed by atoms with Gasteiger partial charge in [-0.25, -0.2) is 0 Å². The molecular formula is C15H23NO2. The lowest BCUT2D eigenvalue weighted by atomic mass is 10.2. The topological polar surface area (TPSA) is 30.5 Å². The van der Waals surface area contributed by atoms with Crippen LogP contribution in [0.3, 0.4) is 0 Å². The second-order valence-electron chi connectivity index (χ2n) is 4.90. The van der Waals surface area contributed by atoms with Crippen LogP contribution in [0.1, 0.15) is 31.7 Å². The first kappa shape index (κ1) is 13.5. The van der Waals surface area contributed by atoms with Gasteiger partial charge in [0.05, 0.1) is 6.61 Å². The van der Waals surface area contributed by atoms with Gasteiger partial charge in [0, 0.05) is 19.2 Å². The van der Waals surface area contributed by atoms with Gasteiger partial charge in [0.2, 0.25) is 0 Å². The number of benzene rings is 1. The maximum Gasteiger partial charge on any atom is 0.157 e. The third-order valence-electron chi connectivity index (χ3n) is 3.17. The smallest absolute Gasteiger partial charge is 0.157 e. The molecule has 1 heterocycles. The van der Waals surface area contributed by atoms with Gasteiger partial charge in [-0.3, -0.25) is 0 Å². The average Bonchev–Trinajstić information content (AvgIpc) is 2.45. The van der Waals surface area contributed by atoms with Crippen molar-refractivity contribution in [2.75, 3.05) is 13.2 Å². The zero-order valence-electron chi connectivity index (χ0n) is 11.1. The van der Waals surface area contributed by atoms with Crippen LogP contribution < -0.4 is 5.32 Å². The molecule has 0 aromatic heterocycles. The van der Waals surface area contributed by atoms with Crippen LogP contribution in [-0.2, 0) is 16.0 Å². The van der Waals surface area contributed by atoms with Gasteiger partial charge in [0.1, 0.15) is 0 Å². The molecule has 1 saturated heterocycles. The Labute approximate surface area is 109 Å². The Morgan fingerprint density at radius 1 is 1.33 bits per heavy atom. The fraction of sp³-hybridized carbons (Fsp3) is 0.600. The molecule has 1 unspecified atom stereocenters. The summed E-state index contributed by atoms with van der Waals surface area (Å²) in [6, 6.07) is 10.8. The molecule has 3 nitrogen and oxygen atoms in total. The van der Waals surface area contributed by atoms with Crippen molar-refractivity contribution in [3.63, 3.8) is 0 Å². The minimum Gasteiger partial charge on any atom is -0.353 e. The molecular weight excluding hydrogens is 226 g/mol. The summed E-state index contributed by atoms with van der Waals surface area (Å²) in [6.45, 7) is 4.58. The van der Waals surface area contributed by atoms with E-state index in [-0.39, 0.29) is 6.29 Å². The summed E-state index contributed by atoms with van der Waals surface area (Å²) in [4.78, 5) is 0. The summed E-state index contributed by atoms with van der Waals surface area (Å²) >= 11 is 0. The average molecular weight is 249 g/mol. The van der Waals surface area contributed by atoms with E-state index in [1.807, 2.05) is 6.07 Å². The van der Waals surface area contributed by atoms with E-state index in [0.29, 0.717) is 12.6 Å². The van der Waals surface area contributed by atoms with Crippen molar-refractivity contribution in [2.45, 2.75) is 45.1 Å². The number of hydrogen-bond donors (Lipinski definition) is 1. The van der Waals surface area contributed by atoms with Crippen molar-refractivity contribution in [1.82, 2.24) is 5.32 Å². The van der Waals surface area contributed by atoms with Crippen molar-refractivity contribution in [3.8, 4) is 0 Å². The summed E-state index contributed by atoms with van der Waals surface area (Å²) in [5.41, 5.74) is 1.30. The third kappa shape index (κ3) is 4.77. The summed E-state index contributed by atoms with van der Waals surface area (Å²) in [5.74, 6) is 0. The van der Waals surface area contributed by atoms with Crippen molar-refractivity contribution in [1.29, 1.82) is 0 Å². The predicted octanol–water partition coefficient (Wildman–Crippen LogP) is 2.71. The van der Waals surface area contributed by atoms with Crippen LogP contribution in [0.15, 0.2) is 30.3 Å². The first-order valence-electron chi connectivity index (χ1n) is 6.85. The monoisotopic (exact) mass is 249 g/mol. The molecule has 3 heteroatoms. The second-order valence-corrected chi connectivity index (χ2v) is 4.90. The van der Waals surface area contributed by atoms with Gasteiger partial charge >= 0.3 is 0 Å². The van der Waals surface area contributed by atoms with Gasteiger partial charge < -0.3 is 14.8 Å². The Morgan fingerprint density at radius 2 is 2.17 bits per heavy atom. The van der Waals surface area contributed by atoms with E-state index >= 15 is 0 Å². The Kier molecular flexibility index (Phi) is 5.65. The van der Waals surface area contributed by atoms with E-state index in [4.69, 9.17) is 9.47 Å². The first-order valence-corrected chi connectivity index (χ1v) is 6.85. The minimum absolute atomic E-state index is 0.0136. The van der Waals surface area contributed by atoms with E-state index in [1.54, 1.807) is 0 Å². The molecule has 1 aromatic carbocycles. The normalized spacial score (nSPS) is 21.7. The summed E-state index contributed by atoms with van der Waals surface area (Å²) in [5, 5.41) is 3.46. The molecule has 1 N–H and O–H groups in total. The van der Waals surface area contributed by atoms with Gasteiger partial charge in [-0.2, -0.15) is 0 Å². The van der Waals surface area contributed by atoms with Gasteiger partial charge in [-0.15, -0.1) is 0 Å². The van der Waals surface area contributed by atoms with Crippen LogP contribution in [-0.4, -0.2) is 25.5 Å². The lowest BCUT2D eigenvalue weighted by molar-refractivity contribution is -0.165. The summed E-state index contributed by atoms with van der Waals surface area (Å²) < 4.78 is 11.3. The van der Waals surface area contributed by atoms with Crippen LogP contribution >= 0.6 is 0 Å². The molecule has 0 spiro atoms. The Hall–Kier alpha value is -0.900. The lowest BCUT2D eigenvalue weighted by Gasteiger charge is -2.24. The number of ether oxygens (including phenoxy) is 2. The summed E-state index contributed by atoms with van der Waals surface area (Å²) in [7, 11) is 0. The van der Waals surface area contributed by atoms with E-state index in [1.165, 1.54) is 18.4 Å². The molecule has 1 aromatic rings. The molecule has 0 saturated carbocycles. The van der Waals surface area contributed by atoms with Crippen LogP contribution in [0.5, 0.6) is 0 Å². The minimum atomic E-state index is 0.0136. The van der Waals surface area contributed by atoms with E-state index in [2.05, 4.69) is 36.5 Å². The highest BCUT2D eigenvalue weighted by molar-refractivity contribution is 5.14. The molecule has 2 atom stereocenters. The van der Waals surface area contributed by atoms with Crippen LogP contribution in [0, 0.1) is 0 Å². The second kappa shape index (κ2) is 7.52. The molecule has 0 aliphatic carbocycles. The third-order valence-corrected chi connectivity index (χ3v) is 3.17. The van der Waals surface area contributed by atoms with Gasteiger partial charge in [0.25, 0.3) is 0 Å². The quantitative estimate of drug-likeness (QED) is 0.841. The van der Waals surface area contributed by atoms with Gasteiger partial charge in [0.15, 0.2) is 6.29 Å². The van der Waals surface area contributed by atoms with E-state index in [0.717, 1.165) is 19.6 Å². The molecule has 1 aliphatic heterocycles. The Morgan fingerprint density at radius 3 is 2.89 bits per heavy atom. The predicted molar refractivity (Wildman–Crippen MR) is 72.3 cm³/mol. The molecule has 0 radical (unpaired) electrons. The van der Waals surface area contributed by atoms with Crippen LogP contribution in [0.25, 0.3) is 0 Å². The van der Waals surface area contributed by atoms with Crippen molar-refractivity contribution < 1.29 is 9.47 Å². The lowest BCUT2D eigenvalue weighted by Crippen LogP contribution is -2.33. The Balaban J connectivity index is 1.61. The Bertz CT molecular complexity index is 323. The first-order chi connectivity index (χ1) is 8.84. The van der Waals surface area contributed by atoms with E-state index in [9.17, 15) is 0 Å². The zero-order valence-corrected chi connectivity index (χ0v) is 11.1. The molecule has 0 amide bonds. The molecule has 100 valence electrons. The van der Waals surface area contributed by atoms with Crippen molar-refractivity contribution in [2.24, 2.45) is 0 Å². The SMILES string of the molecule is C[C@H](COC1CCCCO1)NCc1ccccc1. The highest BCUT2D eigenvalue weighted by Gasteiger charge is 2.14. The standard InChI is InChI=1S/C15H23NO2/c1-13(12-18-15-9-5-6-10-17-15)16-11-14-7-3-2-4-8-14/h2-4,7-8,13,15-16H,5-6,9-12H2,1H3/t13-,15?/m1/s1. The maximum absolute atomic E-state index is 5.75. The number of nitrogens with one attached hydrogen (secondary N) is 1. The summed E-state index contributed by atoms with van der Waals surface area (Å²) in [6.07, 6.45) is 3.43. The van der Waals surface area contributed by atoms with Crippen LogP contribution in [0.4, 0.5) is 0 Å². The molecule has 1 fully saturated rings. The molecule has 18 heavy (non-hydrogen) atoms. The van der Waals surface area contributed by atoms with E-state index < -0.39 is 0 Å². The molecule has 0 bridgehead atoms. The van der Waals surface area contributed by atoms with Gasteiger partial charge in [-0.05, 0) is 31.7 Å². The van der Waals surface area contributed by atoms with Crippen molar-refractivity contribution in [3.05, 3.63) is 35.9 Å². The van der Waals surface area contributed by atoms with Crippen molar-refractivity contribution >= 4 is 0 Å². The molecule has 1 aliphatic rings. The molecule has 2 rings (SSSR count). The number of rotatable bonds is 6. The largest absolute Gasteiger partial charge is 0.353 e. The maximum atomic E-state index is 5.75. The van der Waals surface area contributed by atoms with Gasteiger partial charge in [-0.1, -0.05) is 30.3 Å². The van der Waals surface area contributed by atoms with Crippen LogP contribution in [0.2, 0.25) is 0 Å². The highest BCUT2D eigenvalue weighted by atomic mass is 16.7.